The lowest BCUT2D eigenvalue weighted by Crippen LogP contribution is -2.12. The Morgan fingerprint density at radius 3 is 2.32 bits per heavy atom. The summed E-state index contributed by atoms with van der Waals surface area (Å²) in [6.45, 7) is 0. The molecule has 0 fully saturated rings. The van der Waals surface area contributed by atoms with Crippen molar-refractivity contribution in [3.63, 3.8) is 0 Å². The van der Waals surface area contributed by atoms with E-state index < -0.39 is 11.6 Å². The second kappa shape index (κ2) is 5.49. The lowest BCUT2D eigenvalue weighted by atomic mass is 10.3. The Hall–Kier alpha value is -2.41. The van der Waals surface area contributed by atoms with Crippen molar-refractivity contribution in [1.82, 2.24) is 4.98 Å². The molecule has 7 heteroatoms. The van der Waals surface area contributed by atoms with Crippen LogP contribution >= 0.6 is 0 Å². The molecule has 0 unspecified atom stereocenters. The van der Waals surface area contributed by atoms with Gasteiger partial charge in [0.25, 0.3) is 0 Å². The quantitative estimate of drug-likeness (QED) is 0.585. The fraction of sp³-hybridized carbons (Fsp3) is 0.0833. The Morgan fingerprint density at radius 1 is 1.11 bits per heavy atom. The van der Waals surface area contributed by atoms with Gasteiger partial charge in [0.15, 0.2) is 23.3 Å². The standard InChI is InChI=1S/C12H12F2N4O/c1-19-8-4-2-7(3-5-8)16-11-9(13)6-10(14)12(17-11)18-15/h2-6H,15H2,1H3,(H2,16,17,18). The van der Waals surface area contributed by atoms with E-state index >= 15 is 0 Å². The zero-order valence-corrected chi connectivity index (χ0v) is 10.1. The molecule has 5 nitrogen and oxygen atoms in total. The molecule has 0 atom stereocenters. The zero-order chi connectivity index (χ0) is 13.8. The van der Waals surface area contributed by atoms with E-state index in [1.807, 2.05) is 0 Å². The van der Waals surface area contributed by atoms with Crippen LogP contribution in [0.3, 0.4) is 0 Å². The predicted molar refractivity (Wildman–Crippen MR) is 68.2 cm³/mol. The van der Waals surface area contributed by atoms with E-state index in [-0.39, 0.29) is 11.6 Å². The number of ether oxygens (including phenoxy) is 1. The molecule has 1 heterocycles. The van der Waals surface area contributed by atoms with Crippen LogP contribution in [0.5, 0.6) is 5.75 Å². The van der Waals surface area contributed by atoms with Crippen molar-refractivity contribution in [1.29, 1.82) is 0 Å². The van der Waals surface area contributed by atoms with E-state index in [2.05, 4.69) is 15.7 Å². The Labute approximate surface area is 108 Å². The molecule has 0 spiro atoms. The summed E-state index contributed by atoms with van der Waals surface area (Å²) in [6, 6.07) is 7.46. The second-order valence-electron chi connectivity index (χ2n) is 3.65. The molecule has 0 saturated carbocycles. The van der Waals surface area contributed by atoms with Gasteiger partial charge < -0.3 is 15.5 Å². The number of aromatic nitrogens is 1. The number of nitrogens with two attached hydrogens (primary N) is 1. The number of hydrogen-bond acceptors (Lipinski definition) is 5. The summed E-state index contributed by atoms with van der Waals surface area (Å²) in [4.78, 5) is 3.70. The van der Waals surface area contributed by atoms with Crippen molar-refractivity contribution in [2.24, 2.45) is 5.84 Å². The average Bonchev–Trinajstić information content (AvgIpc) is 2.42. The lowest BCUT2D eigenvalue weighted by Gasteiger charge is -2.09. The molecule has 0 radical (unpaired) electrons. The molecule has 2 aromatic rings. The van der Waals surface area contributed by atoms with Crippen molar-refractivity contribution < 1.29 is 13.5 Å². The maximum Gasteiger partial charge on any atom is 0.178 e. The summed E-state index contributed by atoms with van der Waals surface area (Å²) >= 11 is 0. The summed E-state index contributed by atoms with van der Waals surface area (Å²) in [7, 11) is 1.54. The minimum absolute atomic E-state index is 0.125. The Bertz CT molecular complexity index is 575. The van der Waals surface area contributed by atoms with Gasteiger partial charge in [-0.15, -0.1) is 0 Å². The van der Waals surface area contributed by atoms with Gasteiger partial charge in [-0.3, -0.25) is 0 Å². The molecule has 0 aliphatic carbocycles. The van der Waals surface area contributed by atoms with Crippen LogP contribution in [0.1, 0.15) is 0 Å². The van der Waals surface area contributed by atoms with Gasteiger partial charge in [0, 0.05) is 11.8 Å². The van der Waals surface area contributed by atoms with Gasteiger partial charge in [-0.05, 0) is 24.3 Å². The largest absolute Gasteiger partial charge is 0.497 e. The van der Waals surface area contributed by atoms with Crippen molar-refractivity contribution in [3.05, 3.63) is 42.0 Å². The number of anilines is 3. The number of pyridine rings is 1. The number of nitrogens with zero attached hydrogens (tertiary/aromatic N) is 1. The molecule has 0 aliphatic heterocycles. The Morgan fingerprint density at radius 2 is 1.74 bits per heavy atom. The molecule has 19 heavy (non-hydrogen) atoms. The monoisotopic (exact) mass is 266 g/mol. The minimum Gasteiger partial charge on any atom is -0.497 e. The number of hydrazine groups is 1. The van der Waals surface area contributed by atoms with Gasteiger partial charge in [-0.1, -0.05) is 0 Å². The van der Waals surface area contributed by atoms with Crippen LogP contribution in [0.4, 0.5) is 26.1 Å². The highest BCUT2D eigenvalue weighted by Gasteiger charge is 2.11. The Balaban J connectivity index is 2.26. The summed E-state index contributed by atoms with van der Waals surface area (Å²) in [5.41, 5.74) is 2.64. The van der Waals surface area contributed by atoms with Gasteiger partial charge in [0.1, 0.15) is 5.75 Å². The van der Waals surface area contributed by atoms with Crippen LogP contribution in [0, 0.1) is 11.6 Å². The maximum atomic E-state index is 13.5. The third-order valence-corrected chi connectivity index (χ3v) is 2.42. The molecule has 100 valence electrons. The normalized spacial score (nSPS) is 10.1. The third-order valence-electron chi connectivity index (χ3n) is 2.42. The molecule has 0 saturated heterocycles. The number of methoxy groups -OCH3 is 1. The number of benzene rings is 1. The summed E-state index contributed by atoms with van der Waals surface area (Å²) < 4.78 is 31.7. The Kier molecular flexibility index (Phi) is 3.76. The molecule has 1 aromatic heterocycles. The van der Waals surface area contributed by atoms with Gasteiger partial charge in [0.05, 0.1) is 7.11 Å². The van der Waals surface area contributed by atoms with Crippen molar-refractivity contribution in [2.75, 3.05) is 17.9 Å². The average molecular weight is 266 g/mol. The van der Waals surface area contributed by atoms with Crippen LogP contribution < -0.4 is 21.3 Å². The lowest BCUT2D eigenvalue weighted by molar-refractivity contribution is 0.415. The predicted octanol–water partition coefficient (Wildman–Crippen LogP) is 2.40. The summed E-state index contributed by atoms with van der Waals surface area (Å²) in [6.07, 6.45) is 0. The van der Waals surface area contributed by atoms with Crippen molar-refractivity contribution >= 4 is 17.3 Å². The highest BCUT2D eigenvalue weighted by molar-refractivity contribution is 5.59. The van der Waals surface area contributed by atoms with Gasteiger partial charge in [-0.2, -0.15) is 0 Å². The minimum atomic E-state index is -0.861. The van der Waals surface area contributed by atoms with Gasteiger partial charge in [-0.25, -0.2) is 19.6 Å². The third kappa shape index (κ3) is 2.89. The van der Waals surface area contributed by atoms with E-state index in [1.165, 1.54) is 0 Å². The summed E-state index contributed by atoms with van der Waals surface area (Å²) in [5.74, 6) is 3.71. The molecule has 1 aromatic carbocycles. The van der Waals surface area contributed by atoms with Crippen LogP contribution in [0.25, 0.3) is 0 Å². The number of nitrogen functional groups attached to an aromatic ring is 1. The first kappa shape index (κ1) is 13.0. The fourth-order valence-corrected chi connectivity index (χ4v) is 1.47. The van der Waals surface area contributed by atoms with E-state index in [0.29, 0.717) is 17.5 Å². The topological polar surface area (TPSA) is 72.2 Å². The van der Waals surface area contributed by atoms with Crippen LogP contribution in [-0.2, 0) is 0 Å². The fourth-order valence-electron chi connectivity index (χ4n) is 1.47. The maximum absolute atomic E-state index is 13.5. The number of halogens is 2. The van der Waals surface area contributed by atoms with Gasteiger partial charge >= 0.3 is 0 Å². The first-order chi connectivity index (χ1) is 9.13. The molecular weight excluding hydrogens is 254 g/mol. The molecule has 4 N–H and O–H groups in total. The number of nitrogens with one attached hydrogen (secondary N) is 2. The molecule has 0 aliphatic rings. The summed E-state index contributed by atoms with van der Waals surface area (Å²) in [5, 5.41) is 2.72. The second-order valence-corrected chi connectivity index (χ2v) is 3.65. The van der Waals surface area contributed by atoms with E-state index in [9.17, 15) is 8.78 Å². The zero-order valence-electron chi connectivity index (χ0n) is 10.1. The van der Waals surface area contributed by atoms with Crippen molar-refractivity contribution in [3.8, 4) is 5.75 Å². The van der Waals surface area contributed by atoms with Crippen molar-refractivity contribution in [2.45, 2.75) is 0 Å². The molecule has 0 bridgehead atoms. The highest BCUT2D eigenvalue weighted by atomic mass is 19.1. The first-order valence-corrected chi connectivity index (χ1v) is 5.37. The molecular formula is C12H12F2N4O. The van der Waals surface area contributed by atoms with E-state index in [0.717, 1.165) is 0 Å². The molecule has 0 amide bonds. The van der Waals surface area contributed by atoms with E-state index in [1.54, 1.807) is 31.4 Å². The first-order valence-electron chi connectivity index (χ1n) is 5.37. The molecule has 2 rings (SSSR count). The van der Waals surface area contributed by atoms with E-state index in [4.69, 9.17) is 10.6 Å². The van der Waals surface area contributed by atoms with Crippen LogP contribution in [0.15, 0.2) is 30.3 Å². The van der Waals surface area contributed by atoms with Gasteiger partial charge in [0.2, 0.25) is 0 Å². The number of rotatable bonds is 4. The number of hydrogen-bond donors (Lipinski definition) is 3. The van der Waals surface area contributed by atoms with Crippen LogP contribution in [-0.4, -0.2) is 12.1 Å². The SMILES string of the molecule is COc1ccc(Nc2nc(NN)c(F)cc2F)cc1. The van der Waals surface area contributed by atoms with Crippen LogP contribution in [0.2, 0.25) is 0 Å². The highest BCUT2D eigenvalue weighted by Crippen LogP contribution is 2.23. The smallest absolute Gasteiger partial charge is 0.178 e.